The van der Waals surface area contributed by atoms with Crippen LogP contribution in [0.3, 0.4) is 0 Å². The number of ether oxygens (including phenoxy) is 1. The Morgan fingerprint density at radius 3 is 2.54 bits per heavy atom. The number of hydrogen-bond donors (Lipinski definition) is 4. The van der Waals surface area contributed by atoms with Crippen molar-refractivity contribution < 1.29 is 19.1 Å². The summed E-state index contributed by atoms with van der Waals surface area (Å²) in [6, 6.07) is 19.5. The molecule has 11 heteroatoms. The molecule has 0 radical (unpaired) electrons. The van der Waals surface area contributed by atoms with Gasteiger partial charge in [0.1, 0.15) is 28.7 Å². The Labute approximate surface area is 283 Å². The minimum absolute atomic E-state index is 0.147. The van der Waals surface area contributed by atoms with Crippen LogP contribution in [0.1, 0.15) is 53.9 Å². The monoisotopic (exact) mass is 662 g/mol. The average molecular weight is 663 g/mol. The van der Waals surface area contributed by atoms with Crippen LogP contribution < -0.4 is 27.3 Å². The lowest BCUT2D eigenvalue weighted by molar-refractivity contribution is -0.133. The number of para-hydroxylation sites is 1. The Hall–Kier alpha value is -4.63. The Bertz CT molecular complexity index is 1890. The fourth-order valence-corrected chi connectivity index (χ4v) is 8.78. The molecule has 7 N–H and O–H groups in total. The predicted molar refractivity (Wildman–Crippen MR) is 183 cm³/mol. The second kappa shape index (κ2) is 12.4. The van der Waals surface area contributed by atoms with Gasteiger partial charge in [-0.05, 0) is 91.1 Å². The molecule has 4 aliphatic rings. The van der Waals surface area contributed by atoms with Crippen LogP contribution in [0, 0.1) is 30.1 Å². The van der Waals surface area contributed by atoms with Gasteiger partial charge < -0.3 is 32.2 Å². The third-order valence-corrected chi connectivity index (χ3v) is 11.3. The van der Waals surface area contributed by atoms with Crippen molar-refractivity contribution in [3.05, 3.63) is 94.6 Å². The van der Waals surface area contributed by atoms with Crippen molar-refractivity contribution in [3.8, 4) is 17.6 Å². The molecule has 0 bridgehead atoms. The summed E-state index contributed by atoms with van der Waals surface area (Å²) in [5.41, 5.74) is 22.3. The molecule has 0 aromatic heterocycles. The van der Waals surface area contributed by atoms with E-state index in [1.807, 2.05) is 55.5 Å². The first kappa shape index (κ1) is 31.9. The van der Waals surface area contributed by atoms with Gasteiger partial charge in [-0.2, -0.15) is 5.26 Å². The summed E-state index contributed by atoms with van der Waals surface area (Å²) in [6.45, 7) is 2.60. The number of benzene rings is 3. The van der Waals surface area contributed by atoms with E-state index in [1.54, 1.807) is 29.2 Å². The maximum absolute atomic E-state index is 14.3. The van der Waals surface area contributed by atoms with Gasteiger partial charge >= 0.3 is 0 Å². The van der Waals surface area contributed by atoms with Crippen LogP contribution in [-0.2, 0) is 19.9 Å². The highest BCUT2D eigenvalue weighted by atomic mass is 32.2. The third-order valence-electron chi connectivity index (χ3n) is 9.97. The van der Waals surface area contributed by atoms with Crippen molar-refractivity contribution >= 4 is 35.0 Å². The van der Waals surface area contributed by atoms with Crippen LogP contribution in [0.5, 0.6) is 11.5 Å². The number of nitrogens with one attached hydrogen (secondary N) is 1. The normalized spacial score (nSPS) is 26.4. The van der Waals surface area contributed by atoms with Gasteiger partial charge in [0.15, 0.2) is 5.78 Å². The molecule has 0 spiro atoms. The zero-order valence-corrected chi connectivity index (χ0v) is 27.5. The summed E-state index contributed by atoms with van der Waals surface area (Å²) >= 11 is 1.38. The largest absolute Gasteiger partial charge is 0.457 e. The molecule has 2 fully saturated rings. The van der Waals surface area contributed by atoms with Gasteiger partial charge in [-0.25, -0.2) is 0 Å². The number of piperidine rings is 1. The number of thioether (sulfide) groups is 1. The van der Waals surface area contributed by atoms with Gasteiger partial charge in [-0.15, -0.1) is 0 Å². The number of aryl methyl sites for hydroxylation is 1. The number of Topliss-reactive ketones (excluding diaryl/α,β-unsaturated/α-hetero) is 1. The molecule has 7 rings (SSSR count). The molecule has 2 aliphatic heterocycles. The van der Waals surface area contributed by atoms with E-state index < -0.39 is 28.8 Å². The first-order chi connectivity index (χ1) is 23.1. The Morgan fingerprint density at radius 2 is 1.83 bits per heavy atom. The highest BCUT2D eigenvalue weighted by molar-refractivity contribution is 8.00. The van der Waals surface area contributed by atoms with E-state index in [0.29, 0.717) is 47.7 Å². The average Bonchev–Trinajstić information content (AvgIpc) is 3.84. The minimum atomic E-state index is -1.54. The van der Waals surface area contributed by atoms with Crippen molar-refractivity contribution in [3.63, 3.8) is 0 Å². The summed E-state index contributed by atoms with van der Waals surface area (Å²) in [6.07, 6.45) is 4.99. The third kappa shape index (κ3) is 5.53. The lowest BCUT2D eigenvalue weighted by Crippen LogP contribution is -2.61. The molecule has 48 heavy (non-hydrogen) atoms. The van der Waals surface area contributed by atoms with E-state index >= 15 is 0 Å². The fourth-order valence-electron chi connectivity index (χ4n) is 7.32. The lowest BCUT2D eigenvalue weighted by atomic mass is 9.65. The summed E-state index contributed by atoms with van der Waals surface area (Å²) in [5.74, 6) is -0.317. The molecule has 1 saturated heterocycles. The van der Waals surface area contributed by atoms with Crippen LogP contribution in [0.2, 0.25) is 0 Å². The van der Waals surface area contributed by atoms with Crippen molar-refractivity contribution in [1.29, 1.82) is 5.26 Å². The molecule has 3 aromatic carbocycles. The zero-order chi connectivity index (χ0) is 33.7. The molecule has 10 nitrogen and oxygen atoms in total. The smallest absolute Gasteiger partial charge is 0.264 e. The summed E-state index contributed by atoms with van der Waals surface area (Å²) in [5, 5.41) is 12.2. The number of anilines is 1. The van der Waals surface area contributed by atoms with Gasteiger partial charge in [-0.1, -0.05) is 48.2 Å². The number of carbonyl (C=O) groups is 3. The van der Waals surface area contributed by atoms with E-state index in [9.17, 15) is 19.6 Å². The maximum atomic E-state index is 14.3. The van der Waals surface area contributed by atoms with E-state index in [4.69, 9.17) is 21.9 Å². The van der Waals surface area contributed by atoms with Crippen molar-refractivity contribution in [1.82, 2.24) is 10.2 Å². The maximum Gasteiger partial charge on any atom is 0.264 e. The van der Waals surface area contributed by atoms with Crippen molar-refractivity contribution in [2.75, 3.05) is 18.8 Å². The topological polar surface area (TPSA) is 178 Å². The van der Waals surface area contributed by atoms with Crippen molar-refractivity contribution in [2.24, 2.45) is 23.3 Å². The standard InChI is InChI=1S/C37H38N6O4S/c1-20-16-25(47-24-7-3-2-4-8-24)11-12-26(20)37(41)27-13-14-28(39)32-29(27)30(31(40)33(37)44)35(48-32)42-34(45)22-6-5-15-43(19-22)36(46)23(18-38)17-21-9-10-21/h2-4,7-8,11-14,16-17,21-22,30-31,35H,5-6,9-10,15,19,39-41H2,1H3,(H,42,45)/b23-17+. The molecule has 3 aromatic rings. The first-order valence-corrected chi connectivity index (χ1v) is 17.2. The number of ketones is 1. The second-order valence-corrected chi connectivity index (χ2v) is 14.4. The molecule has 5 atom stereocenters. The van der Waals surface area contributed by atoms with Crippen LogP contribution in [0.15, 0.2) is 77.2 Å². The predicted octanol–water partition coefficient (Wildman–Crippen LogP) is 4.21. The number of hydrogen-bond acceptors (Lipinski definition) is 9. The molecule has 2 heterocycles. The molecule has 246 valence electrons. The molecular formula is C37H38N6O4S. The number of nitrogen functional groups attached to an aromatic ring is 1. The highest BCUT2D eigenvalue weighted by Gasteiger charge is 2.56. The van der Waals surface area contributed by atoms with Crippen LogP contribution in [0.25, 0.3) is 0 Å². The quantitative estimate of drug-likeness (QED) is 0.164. The van der Waals surface area contributed by atoms with Gasteiger partial charge in [0.05, 0.1) is 17.3 Å². The number of likely N-dealkylation sites (tertiary alicyclic amines) is 1. The van der Waals surface area contributed by atoms with Crippen LogP contribution in [0.4, 0.5) is 5.69 Å². The summed E-state index contributed by atoms with van der Waals surface area (Å²) in [4.78, 5) is 43.6. The Balaban J connectivity index is 1.14. The Morgan fingerprint density at radius 1 is 1.08 bits per heavy atom. The van der Waals surface area contributed by atoms with Crippen molar-refractivity contribution in [2.45, 2.75) is 60.4 Å². The zero-order valence-electron chi connectivity index (χ0n) is 26.6. The number of nitrogens with zero attached hydrogens (tertiary/aromatic N) is 2. The number of amides is 2. The molecule has 1 saturated carbocycles. The van der Waals surface area contributed by atoms with E-state index in [0.717, 1.165) is 28.9 Å². The van der Waals surface area contributed by atoms with Crippen LogP contribution >= 0.6 is 11.8 Å². The minimum Gasteiger partial charge on any atom is -0.457 e. The number of carbonyl (C=O) groups excluding carboxylic acids is 3. The fraction of sp³-hybridized carbons (Fsp3) is 0.351. The first-order valence-electron chi connectivity index (χ1n) is 16.3. The number of allylic oxidation sites excluding steroid dienone is 1. The highest BCUT2D eigenvalue weighted by Crippen LogP contribution is 2.56. The molecule has 5 unspecified atom stereocenters. The lowest BCUT2D eigenvalue weighted by Gasteiger charge is -2.42. The SMILES string of the molecule is Cc1cc(Oc2ccccc2)ccc1C1(N)C(=O)C(N)C2c3c1ccc(N)c3SC2NC(=O)C1CCCN(C(=O)/C(C#N)=C/C2CC2)C1. The molecular weight excluding hydrogens is 625 g/mol. The molecule has 2 amide bonds. The number of nitriles is 1. The second-order valence-electron chi connectivity index (χ2n) is 13.2. The molecule has 2 aliphatic carbocycles. The summed E-state index contributed by atoms with van der Waals surface area (Å²) < 4.78 is 6.02. The Kier molecular flexibility index (Phi) is 8.27. The van der Waals surface area contributed by atoms with E-state index in [2.05, 4.69) is 5.32 Å². The van der Waals surface area contributed by atoms with E-state index in [-0.39, 0.29) is 35.6 Å². The van der Waals surface area contributed by atoms with Gasteiger partial charge in [0, 0.05) is 29.6 Å². The van der Waals surface area contributed by atoms with Gasteiger partial charge in [0.2, 0.25) is 5.91 Å². The number of nitrogens with two attached hydrogens (primary N) is 3. The van der Waals surface area contributed by atoms with E-state index in [1.165, 1.54) is 11.8 Å². The number of rotatable bonds is 7. The van der Waals surface area contributed by atoms with Gasteiger partial charge in [-0.3, -0.25) is 14.4 Å². The van der Waals surface area contributed by atoms with Gasteiger partial charge in [0.25, 0.3) is 5.91 Å². The summed E-state index contributed by atoms with van der Waals surface area (Å²) in [7, 11) is 0. The van der Waals surface area contributed by atoms with Crippen LogP contribution in [-0.4, -0.2) is 47.0 Å².